The van der Waals surface area contributed by atoms with Crippen molar-refractivity contribution in [1.82, 2.24) is 10.3 Å². The van der Waals surface area contributed by atoms with E-state index in [-0.39, 0.29) is 18.6 Å². The number of aromatic nitrogens is 1. The normalized spacial score (nSPS) is 11.6. The van der Waals surface area contributed by atoms with Gasteiger partial charge in [-0.3, -0.25) is 9.78 Å². The number of rotatable bonds is 7. The molecular formula is C26H22N2O3. The number of hydrogen-bond acceptors (Lipinski definition) is 4. The first-order valence-electron chi connectivity index (χ1n) is 10.1. The van der Waals surface area contributed by atoms with E-state index in [0.717, 1.165) is 16.5 Å². The standard InChI is InChI=1S/C26H22N2O3/c29-24(18-31-26(30)22-15-7-13-21-14-8-16-27-25(21)22)28-23(20-11-5-2-6-12-20)17-19-9-3-1-4-10-19/h1-16,23H,17-18H2,(H,28,29)/t23-/m1/s1. The van der Waals surface area contributed by atoms with Gasteiger partial charge in [-0.2, -0.15) is 0 Å². The van der Waals surface area contributed by atoms with Gasteiger partial charge in [0.1, 0.15) is 0 Å². The molecule has 1 heterocycles. The van der Waals surface area contributed by atoms with Gasteiger partial charge in [0.25, 0.3) is 5.91 Å². The number of fused-ring (bicyclic) bond motifs is 1. The molecular weight excluding hydrogens is 388 g/mol. The van der Waals surface area contributed by atoms with Crippen molar-refractivity contribution in [3.05, 3.63) is 114 Å². The lowest BCUT2D eigenvalue weighted by molar-refractivity contribution is -0.125. The molecule has 0 unspecified atom stereocenters. The molecule has 5 nitrogen and oxygen atoms in total. The lowest BCUT2D eigenvalue weighted by Gasteiger charge is -2.19. The van der Waals surface area contributed by atoms with Crippen molar-refractivity contribution in [3.63, 3.8) is 0 Å². The summed E-state index contributed by atoms with van der Waals surface area (Å²) in [4.78, 5) is 29.4. The summed E-state index contributed by atoms with van der Waals surface area (Å²) >= 11 is 0. The molecule has 154 valence electrons. The molecule has 4 aromatic rings. The zero-order chi connectivity index (χ0) is 21.5. The number of ether oxygens (including phenoxy) is 1. The fourth-order valence-electron chi connectivity index (χ4n) is 3.50. The van der Waals surface area contributed by atoms with E-state index >= 15 is 0 Å². The van der Waals surface area contributed by atoms with Crippen LogP contribution in [0.2, 0.25) is 0 Å². The van der Waals surface area contributed by atoms with E-state index in [1.807, 2.05) is 72.8 Å². The van der Waals surface area contributed by atoms with E-state index in [2.05, 4.69) is 10.3 Å². The van der Waals surface area contributed by atoms with Gasteiger partial charge in [-0.25, -0.2) is 4.79 Å². The van der Waals surface area contributed by atoms with Crippen LogP contribution in [0.1, 0.15) is 27.5 Å². The third-order valence-corrected chi connectivity index (χ3v) is 5.01. The number of para-hydroxylation sites is 1. The zero-order valence-corrected chi connectivity index (χ0v) is 16.9. The smallest absolute Gasteiger partial charge is 0.340 e. The molecule has 0 aliphatic heterocycles. The van der Waals surface area contributed by atoms with Crippen LogP contribution in [0, 0.1) is 0 Å². The van der Waals surface area contributed by atoms with Gasteiger partial charge in [0, 0.05) is 11.6 Å². The fraction of sp³-hybridized carbons (Fsp3) is 0.115. The van der Waals surface area contributed by atoms with E-state index < -0.39 is 5.97 Å². The maximum absolute atomic E-state index is 12.6. The second-order valence-corrected chi connectivity index (χ2v) is 7.18. The molecule has 0 saturated heterocycles. The Hall–Kier alpha value is -3.99. The second-order valence-electron chi connectivity index (χ2n) is 7.18. The summed E-state index contributed by atoms with van der Waals surface area (Å²) in [5.41, 5.74) is 3.00. The lowest BCUT2D eigenvalue weighted by Crippen LogP contribution is -2.33. The molecule has 1 aromatic heterocycles. The molecule has 0 aliphatic rings. The molecule has 1 N–H and O–H groups in total. The van der Waals surface area contributed by atoms with Crippen LogP contribution in [0.25, 0.3) is 10.9 Å². The maximum Gasteiger partial charge on any atom is 0.340 e. The number of hydrogen-bond donors (Lipinski definition) is 1. The van der Waals surface area contributed by atoms with E-state index in [1.54, 1.807) is 24.4 Å². The molecule has 1 atom stereocenters. The summed E-state index contributed by atoms with van der Waals surface area (Å²) in [7, 11) is 0. The Labute approximate surface area is 180 Å². The van der Waals surface area contributed by atoms with E-state index in [0.29, 0.717) is 17.5 Å². The minimum absolute atomic E-state index is 0.228. The zero-order valence-electron chi connectivity index (χ0n) is 16.9. The highest BCUT2D eigenvalue weighted by atomic mass is 16.5. The number of pyridine rings is 1. The number of carbonyl (C=O) groups is 2. The lowest BCUT2D eigenvalue weighted by atomic mass is 9.99. The number of esters is 1. The van der Waals surface area contributed by atoms with Gasteiger partial charge in [0.05, 0.1) is 17.1 Å². The molecule has 5 heteroatoms. The van der Waals surface area contributed by atoms with Gasteiger partial charge >= 0.3 is 5.97 Å². The number of nitrogens with one attached hydrogen (secondary N) is 1. The molecule has 31 heavy (non-hydrogen) atoms. The highest BCUT2D eigenvalue weighted by Gasteiger charge is 2.18. The van der Waals surface area contributed by atoms with Crippen LogP contribution in [0.3, 0.4) is 0 Å². The number of benzene rings is 3. The molecule has 0 fully saturated rings. The van der Waals surface area contributed by atoms with Gasteiger partial charge in [-0.05, 0) is 29.7 Å². The topological polar surface area (TPSA) is 68.3 Å². The van der Waals surface area contributed by atoms with Gasteiger partial charge < -0.3 is 10.1 Å². The maximum atomic E-state index is 12.6. The van der Waals surface area contributed by atoms with Gasteiger partial charge in [-0.15, -0.1) is 0 Å². The van der Waals surface area contributed by atoms with Crippen LogP contribution in [0.15, 0.2) is 97.2 Å². The van der Waals surface area contributed by atoms with Crippen LogP contribution >= 0.6 is 0 Å². The molecule has 0 spiro atoms. The van der Waals surface area contributed by atoms with Crippen molar-refractivity contribution < 1.29 is 14.3 Å². The van der Waals surface area contributed by atoms with Crippen molar-refractivity contribution in [3.8, 4) is 0 Å². The summed E-state index contributed by atoms with van der Waals surface area (Å²) in [5, 5.41) is 3.84. The largest absolute Gasteiger partial charge is 0.452 e. The molecule has 3 aromatic carbocycles. The van der Waals surface area contributed by atoms with Gasteiger partial charge in [-0.1, -0.05) is 78.9 Å². The highest BCUT2D eigenvalue weighted by molar-refractivity contribution is 6.03. The summed E-state index contributed by atoms with van der Waals surface area (Å²) in [5.74, 6) is -0.926. The Morgan fingerprint density at radius 1 is 0.839 bits per heavy atom. The minimum Gasteiger partial charge on any atom is -0.452 e. The number of carbonyl (C=O) groups excluding carboxylic acids is 2. The first-order chi connectivity index (χ1) is 15.2. The Balaban J connectivity index is 1.43. The third kappa shape index (κ3) is 5.14. The Morgan fingerprint density at radius 2 is 1.55 bits per heavy atom. The van der Waals surface area contributed by atoms with Gasteiger partial charge in [0.15, 0.2) is 6.61 Å². The number of nitrogens with zero attached hydrogens (tertiary/aromatic N) is 1. The molecule has 1 amide bonds. The van der Waals surface area contributed by atoms with Gasteiger partial charge in [0.2, 0.25) is 0 Å². The molecule has 4 rings (SSSR count). The summed E-state index contributed by atoms with van der Waals surface area (Å²) < 4.78 is 5.29. The Morgan fingerprint density at radius 3 is 2.32 bits per heavy atom. The van der Waals surface area contributed by atoms with Crippen LogP contribution < -0.4 is 5.32 Å². The Kier molecular flexibility index (Phi) is 6.33. The van der Waals surface area contributed by atoms with Crippen molar-refractivity contribution in [1.29, 1.82) is 0 Å². The van der Waals surface area contributed by atoms with Crippen molar-refractivity contribution in [2.45, 2.75) is 12.5 Å². The SMILES string of the molecule is O=C(COC(=O)c1cccc2cccnc12)N[C@H](Cc1ccccc1)c1ccccc1. The highest BCUT2D eigenvalue weighted by Crippen LogP contribution is 2.19. The quantitative estimate of drug-likeness (QED) is 0.456. The first kappa shape index (κ1) is 20.3. The molecule has 0 aliphatic carbocycles. The first-order valence-corrected chi connectivity index (χ1v) is 10.1. The monoisotopic (exact) mass is 410 g/mol. The third-order valence-electron chi connectivity index (χ3n) is 5.01. The van der Waals surface area contributed by atoms with Crippen molar-refractivity contribution in [2.24, 2.45) is 0 Å². The van der Waals surface area contributed by atoms with Crippen LogP contribution in [0.5, 0.6) is 0 Å². The summed E-state index contributed by atoms with van der Waals surface area (Å²) in [6.07, 6.45) is 2.26. The van der Waals surface area contributed by atoms with Crippen molar-refractivity contribution in [2.75, 3.05) is 6.61 Å². The van der Waals surface area contributed by atoms with Crippen LogP contribution in [-0.4, -0.2) is 23.5 Å². The average Bonchev–Trinajstić information content (AvgIpc) is 2.83. The summed E-state index contributed by atoms with van der Waals surface area (Å²) in [6, 6.07) is 28.5. The molecule has 0 saturated carbocycles. The fourth-order valence-corrected chi connectivity index (χ4v) is 3.50. The second kappa shape index (κ2) is 9.67. The van der Waals surface area contributed by atoms with E-state index in [4.69, 9.17) is 4.74 Å². The predicted octanol–water partition coefficient (Wildman–Crippen LogP) is 4.49. The predicted molar refractivity (Wildman–Crippen MR) is 119 cm³/mol. The minimum atomic E-state index is -0.571. The number of amides is 1. The Bertz CT molecular complexity index is 1170. The van der Waals surface area contributed by atoms with E-state index in [1.165, 1.54) is 0 Å². The van der Waals surface area contributed by atoms with Crippen molar-refractivity contribution >= 4 is 22.8 Å². The van der Waals surface area contributed by atoms with Crippen LogP contribution in [0.4, 0.5) is 0 Å². The molecule has 0 radical (unpaired) electrons. The summed E-state index contributed by atoms with van der Waals surface area (Å²) in [6.45, 7) is -0.361. The average molecular weight is 410 g/mol. The van der Waals surface area contributed by atoms with E-state index in [9.17, 15) is 9.59 Å². The molecule has 0 bridgehead atoms. The van der Waals surface area contributed by atoms with Crippen LogP contribution in [-0.2, 0) is 16.0 Å².